The number of halogens is 3. The summed E-state index contributed by atoms with van der Waals surface area (Å²) in [5.41, 5.74) is 4.84. The maximum absolute atomic E-state index is 13.0. The molecule has 0 atom stereocenters. The van der Waals surface area contributed by atoms with Crippen LogP contribution in [0, 0.1) is 0 Å². The number of pyridine rings is 1. The van der Waals surface area contributed by atoms with Crippen LogP contribution in [0.2, 0.25) is 0 Å². The van der Waals surface area contributed by atoms with E-state index >= 15 is 0 Å². The summed E-state index contributed by atoms with van der Waals surface area (Å²) in [6.07, 6.45) is -0.595. The molecule has 10 heteroatoms. The van der Waals surface area contributed by atoms with Gasteiger partial charge in [-0.15, -0.1) is 0 Å². The van der Waals surface area contributed by atoms with E-state index in [0.29, 0.717) is 23.2 Å². The minimum atomic E-state index is -4.39. The highest BCUT2D eigenvalue weighted by Crippen LogP contribution is 2.32. The van der Waals surface area contributed by atoms with Gasteiger partial charge in [0.05, 0.1) is 28.2 Å². The molecule has 0 aliphatic carbocycles. The zero-order valence-electron chi connectivity index (χ0n) is 22.5. The molecule has 5 aromatic rings. The number of carbonyl (C=O) groups is 2. The zero-order chi connectivity index (χ0) is 29.7. The lowest BCUT2D eigenvalue weighted by molar-refractivity contribution is -0.137. The van der Waals surface area contributed by atoms with E-state index in [-0.39, 0.29) is 18.2 Å². The van der Waals surface area contributed by atoms with Gasteiger partial charge in [-0.05, 0) is 65.7 Å². The number of hydrogen-bond donors (Lipinski definition) is 2. The predicted molar refractivity (Wildman–Crippen MR) is 154 cm³/mol. The van der Waals surface area contributed by atoms with Gasteiger partial charge in [-0.2, -0.15) is 18.3 Å². The van der Waals surface area contributed by atoms with E-state index in [1.165, 1.54) is 18.3 Å². The molecule has 0 unspecified atom stereocenters. The summed E-state index contributed by atoms with van der Waals surface area (Å²) in [5, 5.41) is 10.2. The monoisotopic (exact) mass is 569 g/mol. The minimum absolute atomic E-state index is 0.0966. The van der Waals surface area contributed by atoms with Gasteiger partial charge in [-0.1, -0.05) is 36.4 Å². The van der Waals surface area contributed by atoms with Crippen LogP contribution in [0.5, 0.6) is 0 Å². The van der Waals surface area contributed by atoms with Crippen molar-refractivity contribution < 1.29 is 22.8 Å². The number of anilines is 1. The molecule has 2 N–H and O–H groups in total. The van der Waals surface area contributed by atoms with Crippen molar-refractivity contribution in [3.63, 3.8) is 0 Å². The van der Waals surface area contributed by atoms with Crippen molar-refractivity contribution in [2.45, 2.75) is 19.0 Å². The molecule has 2 heterocycles. The van der Waals surface area contributed by atoms with Gasteiger partial charge in [0.2, 0.25) is 5.91 Å². The number of aromatic nitrogens is 3. The summed E-state index contributed by atoms with van der Waals surface area (Å²) in [6, 6.07) is 25.0. The van der Waals surface area contributed by atoms with Gasteiger partial charge < -0.3 is 10.6 Å². The molecule has 2 aromatic heterocycles. The molecule has 0 aliphatic heterocycles. The summed E-state index contributed by atoms with van der Waals surface area (Å²) in [6.45, 7) is 0. The third-order valence-corrected chi connectivity index (χ3v) is 6.67. The first-order valence-corrected chi connectivity index (χ1v) is 13.1. The van der Waals surface area contributed by atoms with Crippen LogP contribution in [-0.2, 0) is 17.4 Å². The Labute approximate surface area is 240 Å². The Hall–Kier alpha value is -5.25. The molecule has 2 amide bonds. The maximum Gasteiger partial charge on any atom is 0.416 e. The van der Waals surface area contributed by atoms with Crippen molar-refractivity contribution in [2.75, 3.05) is 12.4 Å². The molecular formula is C32H26F3N5O2. The largest absolute Gasteiger partial charge is 0.416 e. The molecule has 0 radical (unpaired) electrons. The molecule has 7 nitrogen and oxygen atoms in total. The minimum Gasteiger partial charge on any atom is -0.359 e. The first-order chi connectivity index (χ1) is 20.2. The highest BCUT2D eigenvalue weighted by Gasteiger charge is 2.30. The zero-order valence-corrected chi connectivity index (χ0v) is 22.5. The average molecular weight is 570 g/mol. The van der Waals surface area contributed by atoms with Crippen molar-refractivity contribution in [3.05, 3.63) is 120 Å². The summed E-state index contributed by atoms with van der Waals surface area (Å²) < 4.78 is 40.6. The Morgan fingerprint density at radius 1 is 0.857 bits per heavy atom. The van der Waals surface area contributed by atoms with Gasteiger partial charge in [0, 0.05) is 43.5 Å². The normalized spacial score (nSPS) is 11.2. The van der Waals surface area contributed by atoms with E-state index in [1.807, 2.05) is 42.5 Å². The van der Waals surface area contributed by atoms with Crippen LogP contribution in [0.15, 0.2) is 103 Å². The number of carbonyl (C=O) groups excluding carboxylic acids is 2. The van der Waals surface area contributed by atoms with Crippen LogP contribution in [0.4, 0.5) is 18.9 Å². The van der Waals surface area contributed by atoms with E-state index in [9.17, 15) is 22.8 Å². The fourth-order valence-corrected chi connectivity index (χ4v) is 4.39. The second-order valence-corrected chi connectivity index (χ2v) is 9.50. The highest BCUT2D eigenvalue weighted by molar-refractivity contribution is 6.04. The van der Waals surface area contributed by atoms with Crippen molar-refractivity contribution in [3.8, 4) is 28.1 Å². The van der Waals surface area contributed by atoms with Gasteiger partial charge in [0.25, 0.3) is 5.91 Å². The number of benzene rings is 3. The Bertz CT molecular complexity index is 1680. The van der Waals surface area contributed by atoms with Crippen LogP contribution in [-0.4, -0.2) is 33.6 Å². The van der Waals surface area contributed by atoms with Crippen LogP contribution >= 0.6 is 0 Å². The van der Waals surface area contributed by atoms with Crippen molar-refractivity contribution >= 4 is 17.5 Å². The molecule has 5 rings (SSSR count). The van der Waals surface area contributed by atoms with Gasteiger partial charge in [0.15, 0.2) is 0 Å². The van der Waals surface area contributed by atoms with E-state index in [1.54, 1.807) is 42.2 Å². The van der Waals surface area contributed by atoms with Crippen molar-refractivity contribution in [2.24, 2.45) is 0 Å². The average Bonchev–Trinajstić information content (AvgIpc) is 3.44. The third kappa shape index (κ3) is 6.55. The van der Waals surface area contributed by atoms with Gasteiger partial charge in [-0.3, -0.25) is 14.6 Å². The number of aryl methyl sites for hydroxylation is 1. The topological polar surface area (TPSA) is 88.9 Å². The molecule has 0 saturated carbocycles. The number of rotatable bonds is 8. The third-order valence-electron chi connectivity index (χ3n) is 6.67. The van der Waals surface area contributed by atoms with E-state index in [2.05, 4.69) is 15.6 Å². The van der Waals surface area contributed by atoms with Crippen molar-refractivity contribution in [1.29, 1.82) is 0 Å². The second-order valence-electron chi connectivity index (χ2n) is 9.50. The Balaban J connectivity index is 1.42. The van der Waals surface area contributed by atoms with E-state index in [4.69, 9.17) is 5.10 Å². The summed E-state index contributed by atoms with van der Waals surface area (Å²) in [5.74, 6) is -0.374. The quantitative estimate of drug-likeness (QED) is 0.222. The number of alkyl halides is 3. The fraction of sp³-hybridized carbons (Fsp3) is 0.125. The number of nitrogens with zero attached hydrogens (tertiary/aromatic N) is 3. The predicted octanol–water partition coefficient (Wildman–Crippen LogP) is 6.55. The van der Waals surface area contributed by atoms with Crippen molar-refractivity contribution in [1.82, 2.24) is 20.1 Å². The van der Waals surface area contributed by atoms with Crippen LogP contribution in [0.3, 0.4) is 0 Å². The first-order valence-electron chi connectivity index (χ1n) is 13.1. The van der Waals surface area contributed by atoms with Crippen LogP contribution in [0.1, 0.15) is 28.0 Å². The highest BCUT2D eigenvalue weighted by atomic mass is 19.4. The van der Waals surface area contributed by atoms with E-state index < -0.39 is 11.7 Å². The lowest BCUT2D eigenvalue weighted by Gasteiger charge is -2.11. The summed E-state index contributed by atoms with van der Waals surface area (Å²) in [7, 11) is 1.58. The molecule has 0 bridgehead atoms. The molecule has 3 aromatic carbocycles. The molecule has 0 spiro atoms. The van der Waals surface area contributed by atoms with Crippen LogP contribution in [0.25, 0.3) is 28.1 Å². The smallest absolute Gasteiger partial charge is 0.359 e. The Morgan fingerprint density at radius 2 is 1.50 bits per heavy atom. The fourth-order valence-electron chi connectivity index (χ4n) is 4.39. The maximum atomic E-state index is 13.0. The standard InChI is InChI=1S/C32H26F3N5O2/c1-36-30(41)17-14-27-19-29(23-6-4-21(5-7-23)22-8-10-25(11-9-22)32(33,34)35)40(39-27)28-15-12-26(13-16-28)38-31(42)24-3-2-18-37-20-24/h2-13,15-16,18-20H,14,17H2,1H3,(H,36,41)(H,38,42). The van der Waals surface area contributed by atoms with Crippen LogP contribution < -0.4 is 10.6 Å². The lowest BCUT2D eigenvalue weighted by Crippen LogP contribution is -2.18. The molecule has 0 aliphatic rings. The van der Waals surface area contributed by atoms with Gasteiger partial charge in [-0.25, -0.2) is 4.68 Å². The number of hydrogen-bond acceptors (Lipinski definition) is 4. The lowest BCUT2D eigenvalue weighted by atomic mass is 10.0. The van der Waals surface area contributed by atoms with E-state index in [0.717, 1.165) is 40.3 Å². The molecule has 212 valence electrons. The Kier molecular flexibility index (Phi) is 8.14. The summed E-state index contributed by atoms with van der Waals surface area (Å²) >= 11 is 0. The number of amides is 2. The molecular weight excluding hydrogens is 543 g/mol. The molecule has 42 heavy (non-hydrogen) atoms. The van der Waals surface area contributed by atoms with Gasteiger partial charge in [0.1, 0.15) is 0 Å². The summed E-state index contributed by atoms with van der Waals surface area (Å²) in [4.78, 5) is 28.3. The molecule has 0 fully saturated rings. The first kappa shape index (κ1) is 28.3. The molecule has 0 saturated heterocycles. The SMILES string of the molecule is CNC(=O)CCc1cc(-c2ccc(-c3ccc(C(F)(F)F)cc3)cc2)n(-c2ccc(NC(=O)c3cccnc3)cc2)n1. The van der Waals surface area contributed by atoms with Gasteiger partial charge >= 0.3 is 6.18 Å². The Morgan fingerprint density at radius 3 is 2.10 bits per heavy atom. The number of nitrogens with one attached hydrogen (secondary N) is 2. The second kappa shape index (κ2) is 12.1.